The summed E-state index contributed by atoms with van der Waals surface area (Å²) in [4.78, 5) is 51.2. The predicted octanol–water partition coefficient (Wildman–Crippen LogP) is 3.39. The van der Waals surface area contributed by atoms with Crippen LogP contribution in [0.5, 0.6) is 0 Å². The van der Waals surface area contributed by atoms with Gasteiger partial charge in [-0.1, -0.05) is 6.08 Å². The summed E-state index contributed by atoms with van der Waals surface area (Å²) in [7, 11) is 1.36. The van der Waals surface area contributed by atoms with Crippen molar-refractivity contribution < 1.29 is 33.4 Å². The number of carbonyl (C=O) groups is 4. The van der Waals surface area contributed by atoms with Crippen LogP contribution in [-0.2, 0) is 23.8 Å². The molecule has 0 saturated heterocycles. The molecule has 0 saturated carbocycles. The van der Waals surface area contributed by atoms with Crippen LogP contribution in [0.1, 0.15) is 54.9 Å². The minimum Gasteiger partial charge on any atom is -0.501 e. The lowest BCUT2D eigenvalue weighted by molar-refractivity contribution is -0.139. The third-order valence-corrected chi connectivity index (χ3v) is 3.76. The van der Waals surface area contributed by atoms with Crippen molar-refractivity contribution in [2.45, 2.75) is 72.1 Å². The molecule has 0 N–H and O–H groups in total. The van der Waals surface area contributed by atoms with Gasteiger partial charge in [0.2, 0.25) is 0 Å². The fraction of sp³-hybridized carbons (Fsp3) is 0.619. The van der Waals surface area contributed by atoms with E-state index in [1.165, 1.54) is 19.3 Å². The second kappa shape index (κ2) is 9.77. The Morgan fingerprint density at radius 1 is 1.07 bits per heavy atom. The van der Waals surface area contributed by atoms with E-state index in [0.717, 1.165) is 9.80 Å². The van der Waals surface area contributed by atoms with Gasteiger partial charge in [-0.15, -0.1) is 0 Å². The second-order valence-corrected chi connectivity index (χ2v) is 8.82. The minimum absolute atomic E-state index is 0.0323. The summed E-state index contributed by atoms with van der Waals surface area (Å²) in [6, 6.07) is -0.362. The third-order valence-electron chi connectivity index (χ3n) is 3.76. The highest BCUT2D eigenvalue weighted by molar-refractivity contribution is 6.07. The highest BCUT2D eigenvalue weighted by Gasteiger charge is 2.32. The van der Waals surface area contributed by atoms with Gasteiger partial charge in [-0.25, -0.2) is 14.5 Å². The molecule has 30 heavy (non-hydrogen) atoms. The molecule has 0 aromatic heterocycles. The largest absolute Gasteiger partial charge is 0.501 e. The van der Waals surface area contributed by atoms with Gasteiger partial charge in [0.25, 0.3) is 11.8 Å². The SMILES string of the molecule is CO/C(=C/C(=O)N1C(=O)C=C[C@@H]1C)CCN(C(=O)OC(C)(C)C)C(=O)OC(C)(C)C. The summed E-state index contributed by atoms with van der Waals surface area (Å²) < 4.78 is 15.8. The number of rotatable bonds is 5. The second-order valence-electron chi connectivity index (χ2n) is 8.82. The Morgan fingerprint density at radius 3 is 1.93 bits per heavy atom. The summed E-state index contributed by atoms with van der Waals surface area (Å²) in [5, 5.41) is 0. The zero-order valence-corrected chi connectivity index (χ0v) is 19.0. The summed E-state index contributed by atoms with van der Waals surface area (Å²) in [5.41, 5.74) is -1.63. The van der Waals surface area contributed by atoms with Crippen molar-refractivity contribution in [3.63, 3.8) is 0 Å². The number of methoxy groups -OCH3 is 1. The van der Waals surface area contributed by atoms with E-state index in [1.807, 2.05) is 0 Å². The predicted molar refractivity (Wildman–Crippen MR) is 109 cm³/mol. The first-order valence-electron chi connectivity index (χ1n) is 9.68. The van der Waals surface area contributed by atoms with Crippen LogP contribution in [0.25, 0.3) is 0 Å². The van der Waals surface area contributed by atoms with E-state index in [9.17, 15) is 19.2 Å². The van der Waals surface area contributed by atoms with Crippen molar-refractivity contribution in [3.8, 4) is 0 Å². The molecule has 0 fully saturated rings. The van der Waals surface area contributed by atoms with Crippen LogP contribution in [-0.4, -0.2) is 64.7 Å². The standard InChI is InChI=1S/C21H32N2O7/c1-14-9-10-16(24)23(14)17(25)13-15(28-8)11-12-22(18(26)29-20(2,3)4)19(27)30-21(5,6)7/h9-10,13-14H,11-12H2,1-8H3/b15-13+/t14-/m0/s1. The molecule has 0 aromatic rings. The Morgan fingerprint density at radius 2 is 1.57 bits per heavy atom. The number of hydrogen-bond donors (Lipinski definition) is 0. The maximum atomic E-state index is 12.5. The minimum atomic E-state index is -0.869. The lowest BCUT2D eigenvalue weighted by Crippen LogP contribution is -2.44. The van der Waals surface area contributed by atoms with Gasteiger partial charge in [-0.2, -0.15) is 0 Å². The number of ether oxygens (including phenoxy) is 3. The molecule has 1 atom stereocenters. The van der Waals surface area contributed by atoms with Gasteiger partial charge in [0, 0.05) is 25.1 Å². The maximum absolute atomic E-state index is 12.5. The number of imide groups is 2. The van der Waals surface area contributed by atoms with Crippen LogP contribution in [0.15, 0.2) is 24.0 Å². The molecular formula is C21H32N2O7. The molecule has 1 aliphatic heterocycles. The molecule has 0 aliphatic carbocycles. The fourth-order valence-electron chi connectivity index (χ4n) is 2.45. The molecule has 9 heteroatoms. The average Bonchev–Trinajstić information content (AvgIpc) is 2.89. The smallest absolute Gasteiger partial charge is 0.419 e. The molecular weight excluding hydrogens is 392 g/mol. The van der Waals surface area contributed by atoms with Gasteiger partial charge in [0.1, 0.15) is 17.0 Å². The topological polar surface area (TPSA) is 102 Å². The normalized spacial score (nSPS) is 17.1. The average molecular weight is 424 g/mol. The Labute approximate surface area is 177 Å². The lowest BCUT2D eigenvalue weighted by Gasteiger charge is -2.28. The van der Waals surface area contributed by atoms with Crippen LogP contribution in [0.4, 0.5) is 9.59 Å². The summed E-state index contributed by atoms with van der Waals surface area (Å²) >= 11 is 0. The first-order chi connectivity index (χ1) is 13.6. The Bertz CT molecular complexity index is 713. The van der Waals surface area contributed by atoms with Crippen molar-refractivity contribution in [2.24, 2.45) is 0 Å². The van der Waals surface area contributed by atoms with E-state index in [-0.39, 0.29) is 24.8 Å². The van der Waals surface area contributed by atoms with Gasteiger partial charge >= 0.3 is 12.2 Å². The van der Waals surface area contributed by atoms with Crippen LogP contribution in [0.2, 0.25) is 0 Å². The van der Waals surface area contributed by atoms with E-state index in [0.29, 0.717) is 0 Å². The number of carbonyl (C=O) groups excluding carboxylic acids is 4. The van der Waals surface area contributed by atoms with Crippen molar-refractivity contribution in [1.29, 1.82) is 0 Å². The molecule has 168 valence electrons. The van der Waals surface area contributed by atoms with Crippen molar-refractivity contribution in [1.82, 2.24) is 9.80 Å². The van der Waals surface area contributed by atoms with Crippen molar-refractivity contribution >= 4 is 24.0 Å². The number of hydrogen-bond acceptors (Lipinski definition) is 7. The van der Waals surface area contributed by atoms with Gasteiger partial charge < -0.3 is 14.2 Å². The van der Waals surface area contributed by atoms with Crippen molar-refractivity contribution in [2.75, 3.05) is 13.7 Å². The summed E-state index contributed by atoms with van der Waals surface area (Å²) in [6.07, 6.45) is 2.41. The molecule has 1 aliphatic rings. The Kier molecular flexibility index (Phi) is 8.21. The van der Waals surface area contributed by atoms with Gasteiger partial charge in [-0.05, 0) is 48.5 Å². The highest BCUT2D eigenvalue weighted by atomic mass is 16.6. The van der Waals surface area contributed by atoms with E-state index < -0.39 is 35.2 Å². The Balaban J connectivity index is 2.95. The number of amides is 4. The number of nitrogens with zero attached hydrogens (tertiary/aromatic N) is 2. The molecule has 0 bridgehead atoms. The zero-order chi connectivity index (χ0) is 23.3. The van der Waals surface area contributed by atoms with Crippen LogP contribution >= 0.6 is 0 Å². The summed E-state index contributed by atoms with van der Waals surface area (Å²) in [6.45, 7) is 11.7. The quantitative estimate of drug-likeness (QED) is 0.492. The molecule has 9 nitrogen and oxygen atoms in total. The molecule has 0 aromatic carbocycles. The van der Waals surface area contributed by atoms with E-state index in [4.69, 9.17) is 14.2 Å². The maximum Gasteiger partial charge on any atom is 0.419 e. The molecule has 0 radical (unpaired) electrons. The van der Waals surface area contributed by atoms with Gasteiger partial charge in [0.05, 0.1) is 13.2 Å². The summed E-state index contributed by atoms with van der Waals surface area (Å²) in [5.74, 6) is -0.761. The first-order valence-corrected chi connectivity index (χ1v) is 9.68. The lowest BCUT2D eigenvalue weighted by atomic mass is 10.2. The van der Waals surface area contributed by atoms with E-state index >= 15 is 0 Å². The fourth-order valence-corrected chi connectivity index (χ4v) is 2.45. The van der Waals surface area contributed by atoms with Crippen LogP contribution in [0.3, 0.4) is 0 Å². The van der Waals surface area contributed by atoms with Crippen molar-refractivity contribution in [3.05, 3.63) is 24.0 Å². The zero-order valence-electron chi connectivity index (χ0n) is 19.0. The van der Waals surface area contributed by atoms with E-state index in [1.54, 1.807) is 54.5 Å². The molecule has 1 rings (SSSR count). The van der Waals surface area contributed by atoms with E-state index in [2.05, 4.69) is 0 Å². The van der Waals surface area contributed by atoms with Gasteiger partial charge in [-0.3, -0.25) is 14.5 Å². The molecule has 0 spiro atoms. The molecule has 1 heterocycles. The van der Waals surface area contributed by atoms with Crippen LogP contribution < -0.4 is 0 Å². The Hall–Kier alpha value is -2.84. The third kappa shape index (κ3) is 7.88. The molecule has 0 unspecified atom stereocenters. The molecule has 4 amide bonds. The first kappa shape index (κ1) is 25.2. The van der Waals surface area contributed by atoms with Gasteiger partial charge in [0.15, 0.2) is 0 Å². The highest BCUT2D eigenvalue weighted by Crippen LogP contribution is 2.17. The van der Waals surface area contributed by atoms with Crippen LogP contribution in [0, 0.1) is 0 Å². The monoisotopic (exact) mass is 424 g/mol.